The molecule has 1 aromatic carbocycles. The minimum Gasteiger partial charge on any atom is -0.350 e. The predicted molar refractivity (Wildman–Crippen MR) is 70.8 cm³/mol. The zero-order valence-corrected chi connectivity index (χ0v) is 10.7. The summed E-state index contributed by atoms with van der Waals surface area (Å²) in [6.07, 6.45) is 2.06. The molecule has 0 heterocycles. The minimum absolute atomic E-state index is 0.0213. The smallest absolute Gasteiger partial charge is 0.251 e. The number of carbonyl (C=O) groups is 1. The number of nitrogen functional groups attached to an aromatic ring is 1. The first-order chi connectivity index (χ1) is 8.08. The van der Waals surface area contributed by atoms with E-state index < -0.39 is 0 Å². The molecule has 0 aliphatic heterocycles. The predicted octanol–water partition coefficient (Wildman–Crippen LogP) is 2.20. The highest BCUT2D eigenvalue weighted by molar-refractivity contribution is 5.96. The van der Waals surface area contributed by atoms with Crippen molar-refractivity contribution in [1.29, 1.82) is 0 Å². The molecule has 94 valence electrons. The highest BCUT2D eigenvalue weighted by atomic mass is 16.1. The standard InChI is InChI=1S/C13H21N3O/c1-4-5-10(3)15-13(17)12-7-6-11(16-14)8-9(12)2/h6-8,10,16H,4-5,14H2,1-3H3,(H,15,17). The van der Waals surface area contributed by atoms with E-state index in [2.05, 4.69) is 17.7 Å². The van der Waals surface area contributed by atoms with Crippen molar-refractivity contribution in [1.82, 2.24) is 5.32 Å². The molecule has 1 rings (SSSR count). The van der Waals surface area contributed by atoms with Crippen molar-refractivity contribution < 1.29 is 4.79 Å². The summed E-state index contributed by atoms with van der Waals surface area (Å²) in [5.74, 6) is 5.29. The molecule has 17 heavy (non-hydrogen) atoms. The molecular weight excluding hydrogens is 214 g/mol. The van der Waals surface area contributed by atoms with Crippen molar-refractivity contribution in [2.24, 2.45) is 5.84 Å². The van der Waals surface area contributed by atoms with E-state index in [-0.39, 0.29) is 11.9 Å². The number of nitrogens with one attached hydrogen (secondary N) is 2. The third-order valence-electron chi connectivity index (χ3n) is 2.74. The Bertz CT molecular complexity index is 390. The van der Waals surface area contributed by atoms with Crippen LogP contribution in [0.2, 0.25) is 0 Å². The van der Waals surface area contributed by atoms with Gasteiger partial charge in [-0.1, -0.05) is 13.3 Å². The number of anilines is 1. The Hall–Kier alpha value is -1.55. The first-order valence-electron chi connectivity index (χ1n) is 5.96. The molecule has 0 radical (unpaired) electrons. The summed E-state index contributed by atoms with van der Waals surface area (Å²) < 4.78 is 0. The lowest BCUT2D eigenvalue weighted by Crippen LogP contribution is -2.32. The monoisotopic (exact) mass is 235 g/mol. The molecule has 1 atom stereocenters. The molecule has 4 N–H and O–H groups in total. The lowest BCUT2D eigenvalue weighted by molar-refractivity contribution is 0.0937. The Labute approximate surface area is 103 Å². The number of carbonyl (C=O) groups excluding carboxylic acids is 1. The maximum Gasteiger partial charge on any atom is 0.251 e. The first-order valence-corrected chi connectivity index (χ1v) is 5.96. The van der Waals surface area contributed by atoms with Crippen LogP contribution in [-0.4, -0.2) is 11.9 Å². The maximum absolute atomic E-state index is 12.0. The van der Waals surface area contributed by atoms with Crippen LogP contribution in [0.25, 0.3) is 0 Å². The number of aryl methyl sites for hydroxylation is 1. The van der Waals surface area contributed by atoms with E-state index in [4.69, 9.17) is 5.84 Å². The number of rotatable bonds is 5. The SMILES string of the molecule is CCCC(C)NC(=O)c1ccc(NN)cc1C. The molecule has 0 saturated carbocycles. The zero-order valence-electron chi connectivity index (χ0n) is 10.7. The second-order valence-corrected chi connectivity index (χ2v) is 4.34. The molecule has 0 aliphatic carbocycles. The largest absolute Gasteiger partial charge is 0.350 e. The lowest BCUT2D eigenvalue weighted by Gasteiger charge is -2.14. The van der Waals surface area contributed by atoms with Crippen molar-refractivity contribution in [3.63, 3.8) is 0 Å². The van der Waals surface area contributed by atoms with Crippen LogP contribution in [0, 0.1) is 6.92 Å². The molecule has 1 unspecified atom stereocenters. The van der Waals surface area contributed by atoms with Crippen molar-refractivity contribution in [3.05, 3.63) is 29.3 Å². The second-order valence-electron chi connectivity index (χ2n) is 4.34. The molecule has 0 saturated heterocycles. The number of hydrazine groups is 1. The number of amides is 1. The van der Waals surface area contributed by atoms with E-state index in [1.165, 1.54) is 0 Å². The molecule has 4 heteroatoms. The fourth-order valence-corrected chi connectivity index (χ4v) is 1.81. The van der Waals surface area contributed by atoms with Gasteiger partial charge in [-0.25, -0.2) is 0 Å². The van der Waals surface area contributed by atoms with Gasteiger partial charge < -0.3 is 10.7 Å². The topological polar surface area (TPSA) is 67.2 Å². The lowest BCUT2D eigenvalue weighted by atomic mass is 10.1. The Kier molecular flexibility index (Phi) is 4.97. The average Bonchev–Trinajstić information content (AvgIpc) is 2.28. The van der Waals surface area contributed by atoms with Gasteiger partial charge in [0.05, 0.1) is 0 Å². The van der Waals surface area contributed by atoms with Gasteiger partial charge in [-0.2, -0.15) is 0 Å². The molecule has 0 bridgehead atoms. The van der Waals surface area contributed by atoms with Gasteiger partial charge in [0.2, 0.25) is 0 Å². The van der Waals surface area contributed by atoms with Crippen LogP contribution < -0.4 is 16.6 Å². The Morgan fingerprint density at radius 2 is 2.18 bits per heavy atom. The Morgan fingerprint density at radius 1 is 1.47 bits per heavy atom. The quantitative estimate of drug-likeness (QED) is 0.541. The summed E-state index contributed by atoms with van der Waals surface area (Å²) in [7, 11) is 0. The van der Waals surface area contributed by atoms with E-state index in [0.717, 1.165) is 24.1 Å². The zero-order chi connectivity index (χ0) is 12.8. The van der Waals surface area contributed by atoms with Gasteiger partial charge in [-0.3, -0.25) is 10.6 Å². The van der Waals surface area contributed by atoms with Crippen molar-refractivity contribution >= 4 is 11.6 Å². The van der Waals surface area contributed by atoms with E-state index in [0.29, 0.717) is 5.56 Å². The summed E-state index contributed by atoms with van der Waals surface area (Å²) >= 11 is 0. The molecule has 1 amide bonds. The van der Waals surface area contributed by atoms with Gasteiger partial charge in [-0.15, -0.1) is 0 Å². The number of benzene rings is 1. The third kappa shape index (κ3) is 3.75. The van der Waals surface area contributed by atoms with Gasteiger partial charge in [0.15, 0.2) is 0 Å². The van der Waals surface area contributed by atoms with Gasteiger partial charge >= 0.3 is 0 Å². The summed E-state index contributed by atoms with van der Waals surface area (Å²) in [4.78, 5) is 12.0. The van der Waals surface area contributed by atoms with E-state index in [9.17, 15) is 4.79 Å². The Morgan fingerprint density at radius 3 is 2.71 bits per heavy atom. The summed E-state index contributed by atoms with van der Waals surface area (Å²) in [6.45, 7) is 6.03. The van der Waals surface area contributed by atoms with Crippen LogP contribution in [-0.2, 0) is 0 Å². The van der Waals surface area contributed by atoms with Crippen molar-refractivity contribution in [2.75, 3.05) is 5.43 Å². The van der Waals surface area contributed by atoms with Crippen molar-refractivity contribution in [2.45, 2.75) is 39.7 Å². The number of hydrogen-bond donors (Lipinski definition) is 3. The summed E-state index contributed by atoms with van der Waals surface area (Å²) in [5, 5.41) is 2.98. The number of nitrogens with two attached hydrogens (primary N) is 1. The highest BCUT2D eigenvalue weighted by Crippen LogP contribution is 2.14. The van der Waals surface area contributed by atoms with Crippen LogP contribution in [0.5, 0.6) is 0 Å². The van der Waals surface area contributed by atoms with Gasteiger partial charge in [0.1, 0.15) is 0 Å². The van der Waals surface area contributed by atoms with Gasteiger partial charge in [0, 0.05) is 17.3 Å². The first kappa shape index (κ1) is 13.5. The van der Waals surface area contributed by atoms with E-state index in [1.54, 1.807) is 12.1 Å². The second kappa shape index (κ2) is 6.25. The normalized spacial score (nSPS) is 12.0. The number of hydrogen-bond acceptors (Lipinski definition) is 3. The molecule has 0 aromatic heterocycles. The van der Waals surface area contributed by atoms with Crippen LogP contribution in [0.3, 0.4) is 0 Å². The molecule has 0 spiro atoms. The fraction of sp³-hybridized carbons (Fsp3) is 0.462. The molecule has 0 fully saturated rings. The van der Waals surface area contributed by atoms with Crippen LogP contribution >= 0.6 is 0 Å². The molecule has 0 aliphatic rings. The summed E-state index contributed by atoms with van der Waals surface area (Å²) in [6, 6.07) is 5.66. The van der Waals surface area contributed by atoms with E-state index in [1.807, 2.05) is 19.9 Å². The maximum atomic E-state index is 12.0. The molecular formula is C13H21N3O. The minimum atomic E-state index is -0.0213. The van der Waals surface area contributed by atoms with E-state index >= 15 is 0 Å². The highest BCUT2D eigenvalue weighted by Gasteiger charge is 2.11. The average molecular weight is 235 g/mol. The van der Waals surface area contributed by atoms with Crippen molar-refractivity contribution in [3.8, 4) is 0 Å². The van der Waals surface area contributed by atoms with Crippen LogP contribution in [0.15, 0.2) is 18.2 Å². The fourth-order valence-electron chi connectivity index (χ4n) is 1.81. The third-order valence-corrected chi connectivity index (χ3v) is 2.74. The van der Waals surface area contributed by atoms with Gasteiger partial charge in [-0.05, 0) is 44.0 Å². The Balaban J connectivity index is 2.75. The summed E-state index contributed by atoms with van der Waals surface area (Å²) in [5.41, 5.74) is 4.99. The molecule has 1 aromatic rings. The van der Waals surface area contributed by atoms with Gasteiger partial charge in [0.25, 0.3) is 5.91 Å². The van der Waals surface area contributed by atoms with Crippen LogP contribution in [0.4, 0.5) is 5.69 Å². The van der Waals surface area contributed by atoms with Crippen LogP contribution in [0.1, 0.15) is 42.6 Å². The molecule has 4 nitrogen and oxygen atoms in total.